The van der Waals surface area contributed by atoms with Crippen molar-refractivity contribution in [2.24, 2.45) is 0 Å². The van der Waals surface area contributed by atoms with Gasteiger partial charge in [0.15, 0.2) is 5.76 Å². The molecule has 0 aliphatic carbocycles. The lowest BCUT2D eigenvalue weighted by Crippen LogP contribution is -2.04. The lowest BCUT2D eigenvalue weighted by atomic mass is 10.1. The van der Waals surface area contributed by atoms with Crippen molar-refractivity contribution in [3.05, 3.63) is 82.2 Å². The summed E-state index contributed by atoms with van der Waals surface area (Å²) in [5.74, 6) is -1.32. The van der Waals surface area contributed by atoms with Crippen molar-refractivity contribution < 1.29 is 24.2 Å². The van der Waals surface area contributed by atoms with E-state index in [-0.39, 0.29) is 35.2 Å². The Morgan fingerprint density at radius 1 is 1.13 bits per heavy atom. The van der Waals surface area contributed by atoms with Crippen molar-refractivity contribution in [1.82, 2.24) is 9.97 Å². The maximum atomic E-state index is 12.3. The van der Waals surface area contributed by atoms with E-state index in [2.05, 4.69) is 9.97 Å². The molecule has 2 aromatic heterocycles. The van der Waals surface area contributed by atoms with Crippen LogP contribution in [0, 0.1) is 0 Å². The summed E-state index contributed by atoms with van der Waals surface area (Å²) in [5, 5.41) is 20.0. The Bertz CT molecular complexity index is 1310. The molecular weight excluding hydrogens is 400 g/mol. The van der Waals surface area contributed by atoms with E-state index in [0.717, 1.165) is 6.07 Å². The second-order valence-corrected chi connectivity index (χ2v) is 6.71. The Balaban J connectivity index is 2.00. The van der Waals surface area contributed by atoms with Crippen molar-refractivity contribution in [3.63, 3.8) is 0 Å². The average Bonchev–Trinajstić information content (AvgIpc) is 3.22. The highest BCUT2D eigenvalue weighted by Gasteiger charge is 2.24. The number of aromatic carboxylic acids is 1. The number of nitrogens with one attached hydrogen (secondary N) is 1. The van der Waals surface area contributed by atoms with Crippen LogP contribution >= 0.6 is 0 Å². The number of imidazole rings is 1. The van der Waals surface area contributed by atoms with Crippen LogP contribution in [0.3, 0.4) is 0 Å². The third-order valence-electron chi connectivity index (χ3n) is 4.65. The van der Waals surface area contributed by atoms with Crippen LogP contribution in [-0.4, -0.2) is 33.3 Å². The molecule has 4 aromatic rings. The zero-order valence-electron chi connectivity index (χ0n) is 16.5. The van der Waals surface area contributed by atoms with Gasteiger partial charge in [0, 0.05) is 24.3 Å². The van der Waals surface area contributed by atoms with Crippen LogP contribution in [-0.2, 0) is 11.3 Å². The molecule has 2 heterocycles. The first-order valence-corrected chi connectivity index (χ1v) is 9.33. The third kappa shape index (κ3) is 3.84. The minimum atomic E-state index is -1.11. The van der Waals surface area contributed by atoms with Crippen LogP contribution in [0.15, 0.2) is 69.9 Å². The maximum absolute atomic E-state index is 12.3. The number of carbonyl (C=O) groups is 1. The van der Waals surface area contributed by atoms with Crippen molar-refractivity contribution in [2.75, 3.05) is 7.11 Å². The van der Waals surface area contributed by atoms with E-state index in [0.29, 0.717) is 16.8 Å². The second-order valence-electron chi connectivity index (χ2n) is 6.71. The molecule has 156 valence electrons. The molecule has 2 aromatic carbocycles. The van der Waals surface area contributed by atoms with Gasteiger partial charge in [-0.15, -0.1) is 0 Å². The van der Waals surface area contributed by atoms with Crippen LogP contribution in [0.25, 0.3) is 34.1 Å². The maximum Gasteiger partial charge on any atom is 0.336 e. The van der Waals surface area contributed by atoms with Crippen molar-refractivity contribution in [2.45, 2.75) is 6.61 Å². The number of nitrogens with zero attached hydrogens (tertiary/aromatic N) is 1. The SMILES string of the molecule is COCc1cc(=O)c(O)c(-c2[nH]c(-c3ccccc3C(=O)O)nc2-c2ccccc2)o1. The van der Waals surface area contributed by atoms with Crippen LogP contribution in [0.2, 0.25) is 0 Å². The average molecular weight is 418 g/mol. The van der Waals surface area contributed by atoms with Crippen LogP contribution < -0.4 is 5.43 Å². The molecule has 8 heteroatoms. The highest BCUT2D eigenvalue weighted by molar-refractivity contribution is 5.95. The lowest BCUT2D eigenvalue weighted by molar-refractivity contribution is 0.0697. The zero-order valence-corrected chi connectivity index (χ0v) is 16.5. The summed E-state index contributed by atoms with van der Waals surface area (Å²) < 4.78 is 10.8. The summed E-state index contributed by atoms with van der Waals surface area (Å²) in [5.41, 5.74) is 1.11. The van der Waals surface area contributed by atoms with Gasteiger partial charge < -0.3 is 24.4 Å². The summed E-state index contributed by atoms with van der Waals surface area (Å²) in [7, 11) is 1.46. The van der Waals surface area contributed by atoms with E-state index in [1.165, 1.54) is 13.2 Å². The molecule has 0 amide bonds. The largest absolute Gasteiger partial charge is 0.501 e. The molecule has 0 fully saturated rings. The molecule has 0 radical (unpaired) electrons. The van der Waals surface area contributed by atoms with Gasteiger partial charge >= 0.3 is 5.97 Å². The fourth-order valence-electron chi connectivity index (χ4n) is 3.26. The van der Waals surface area contributed by atoms with Gasteiger partial charge in [0.25, 0.3) is 0 Å². The number of aromatic hydroxyl groups is 1. The quantitative estimate of drug-likeness (QED) is 0.433. The molecule has 3 N–H and O–H groups in total. The summed E-state index contributed by atoms with van der Waals surface area (Å²) in [6.45, 7) is 0.0338. The van der Waals surface area contributed by atoms with E-state index in [1.54, 1.807) is 30.3 Å². The van der Waals surface area contributed by atoms with Gasteiger partial charge in [-0.25, -0.2) is 9.78 Å². The van der Waals surface area contributed by atoms with E-state index >= 15 is 0 Å². The molecule has 0 aliphatic rings. The van der Waals surface area contributed by atoms with Gasteiger partial charge in [0.2, 0.25) is 11.2 Å². The van der Waals surface area contributed by atoms with Gasteiger partial charge in [-0.1, -0.05) is 48.5 Å². The predicted molar refractivity (Wildman–Crippen MR) is 113 cm³/mol. The van der Waals surface area contributed by atoms with Crippen LogP contribution in [0.1, 0.15) is 16.1 Å². The first-order valence-electron chi connectivity index (χ1n) is 9.33. The van der Waals surface area contributed by atoms with Crippen LogP contribution in [0.5, 0.6) is 5.75 Å². The number of methoxy groups -OCH3 is 1. The van der Waals surface area contributed by atoms with Crippen molar-refractivity contribution in [1.29, 1.82) is 0 Å². The molecule has 4 rings (SSSR count). The smallest absolute Gasteiger partial charge is 0.336 e. The van der Waals surface area contributed by atoms with E-state index in [9.17, 15) is 19.8 Å². The number of H-pyrrole nitrogens is 1. The standard InChI is InChI=1S/C23H18N2O6/c1-30-12-14-11-17(26)20(27)21(31-14)19-18(13-7-3-2-4-8-13)24-22(25-19)15-9-5-6-10-16(15)23(28)29/h2-11,27H,12H2,1H3,(H,24,25)(H,28,29). The Kier molecular flexibility index (Phi) is 5.38. The second kappa shape index (κ2) is 8.29. The number of carboxylic acids is 1. The molecule has 0 unspecified atom stereocenters. The van der Waals surface area contributed by atoms with Crippen molar-refractivity contribution in [3.8, 4) is 39.8 Å². The zero-order chi connectivity index (χ0) is 22.0. The monoisotopic (exact) mass is 418 g/mol. The van der Waals surface area contributed by atoms with E-state index < -0.39 is 17.1 Å². The summed E-state index contributed by atoms with van der Waals surface area (Å²) in [6, 6.07) is 16.6. The number of aromatic nitrogens is 2. The predicted octanol–water partition coefficient (Wildman–Crippen LogP) is 3.91. The van der Waals surface area contributed by atoms with Crippen LogP contribution in [0.4, 0.5) is 0 Å². The van der Waals surface area contributed by atoms with Crippen molar-refractivity contribution >= 4 is 5.97 Å². The van der Waals surface area contributed by atoms with Gasteiger partial charge in [0.05, 0.1) is 5.56 Å². The number of hydrogen-bond donors (Lipinski definition) is 3. The molecule has 0 atom stereocenters. The normalized spacial score (nSPS) is 10.9. The molecule has 0 bridgehead atoms. The third-order valence-corrected chi connectivity index (χ3v) is 4.65. The van der Waals surface area contributed by atoms with Gasteiger partial charge in [0.1, 0.15) is 29.6 Å². The number of hydrogen-bond acceptors (Lipinski definition) is 6. The Labute approximate surface area is 176 Å². The molecule has 0 saturated carbocycles. The molecular formula is C23H18N2O6. The summed E-state index contributed by atoms with van der Waals surface area (Å²) in [6.07, 6.45) is 0. The Morgan fingerprint density at radius 3 is 2.55 bits per heavy atom. The molecule has 31 heavy (non-hydrogen) atoms. The molecule has 0 saturated heterocycles. The highest BCUT2D eigenvalue weighted by atomic mass is 16.5. The number of aromatic amines is 1. The lowest BCUT2D eigenvalue weighted by Gasteiger charge is -2.07. The van der Waals surface area contributed by atoms with E-state index in [4.69, 9.17) is 9.15 Å². The van der Waals surface area contributed by atoms with E-state index in [1.807, 2.05) is 18.2 Å². The molecule has 0 aliphatic heterocycles. The summed E-state index contributed by atoms with van der Waals surface area (Å²) in [4.78, 5) is 31.6. The molecule has 0 spiro atoms. The fourth-order valence-corrected chi connectivity index (χ4v) is 3.26. The Hall–Kier alpha value is -4.17. The van der Waals surface area contributed by atoms with Gasteiger partial charge in [-0.2, -0.15) is 0 Å². The topological polar surface area (TPSA) is 126 Å². The highest BCUT2D eigenvalue weighted by Crippen LogP contribution is 2.37. The molecule has 8 nitrogen and oxygen atoms in total. The van der Waals surface area contributed by atoms with Gasteiger partial charge in [-0.05, 0) is 6.07 Å². The minimum Gasteiger partial charge on any atom is -0.501 e. The number of carboxylic acid groups (broad SMARTS) is 1. The first kappa shape index (κ1) is 20.1. The Morgan fingerprint density at radius 2 is 1.84 bits per heavy atom. The number of rotatable bonds is 6. The fraction of sp³-hybridized carbons (Fsp3) is 0.0870. The number of ether oxygens (including phenoxy) is 1. The summed E-state index contributed by atoms with van der Waals surface area (Å²) >= 11 is 0. The van der Waals surface area contributed by atoms with Gasteiger partial charge in [-0.3, -0.25) is 4.79 Å². The minimum absolute atomic E-state index is 0.0338. The first-order chi connectivity index (χ1) is 15.0. The number of benzene rings is 2.